The van der Waals surface area contributed by atoms with Crippen LogP contribution in [0, 0.1) is 6.92 Å². The number of amides is 1. The maximum absolute atomic E-state index is 11.9. The van der Waals surface area contributed by atoms with Crippen molar-refractivity contribution in [3.05, 3.63) is 54.0 Å². The summed E-state index contributed by atoms with van der Waals surface area (Å²) in [7, 11) is 0. The van der Waals surface area contributed by atoms with Gasteiger partial charge in [-0.2, -0.15) is 0 Å². The maximum Gasteiger partial charge on any atom is 0.305 e. The molecule has 1 amide bonds. The highest BCUT2D eigenvalue weighted by Gasteiger charge is 2.17. The maximum atomic E-state index is 11.9. The number of nitrogens with one attached hydrogen (secondary N) is 1. The number of thiocarbonyl (C=S) groups is 1. The Balaban J connectivity index is 2.25. The molecule has 2 rings (SSSR count). The zero-order chi connectivity index (χ0) is 13.8. The van der Waals surface area contributed by atoms with Crippen molar-refractivity contribution in [1.29, 1.82) is 0 Å². The van der Waals surface area contributed by atoms with Gasteiger partial charge in [0.05, 0.1) is 12.0 Å². The number of rotatable bonds is 2. The topological polar surface area (TPSA) is 71.5 Å². The van der Waals surface area contributed by atoms with E-state index < -0.39 is 5.91 Å². The van der Waals surface area contributed by atoms with Gasteiger partial charge in [-0.3, -0.25) is 10.2 Å². The van der Waals surface area contributed by atoms with E-state index in [0.717, 1.165) is 11.3 Å². The standard InChI is InChI=1S/C13H13N3O2S/c1-9-5-2-3-6-10(9)16(13(14)19)15-12(17)11-7-4-8-18-11/h2-8H,1H3,(H2,14,19)(H,15,17). The molecule has 0 fully saturated rings. The summed E-state index contributed by atoms with van der Waals surface area (Å²) in [6.07, 6.45) is 1.42. The quantitative estimate of drug-likeness (QED) is 0.648. The molecule has 0 aliphatic heterocycles. The van der Waals surface area contributed by atoms with Crippen LogP contribution in [-0.2, 0) is 0 Å². The highest BCUT2D eigenvalue weighted by atomic mass is 32.1. The number of hydrogen-bond acceptors (Lipinski definition) is 3. The van der Waals surface area contributed by atoms with Gasteiger partial charge in [-0.1, -0.05) is 18.2 Å². The Morgan fingerprint density at radius 2 is 2.05 bits per heavy atom. The minimum absolute atomic E-state index is 0.0502. The van der Waals surface area contributed by atoms with Crippen LogP contribution in [0.4, 0.5) is 5.69 Å². The van der Waals surface area contributed by atoms with Gasteiger partial charge < -0.3 is 10.2 Å². The van der Waals surface area contributed by atoms with Crippen molar-refractivity contribution in [1.82, 2.24) is 5.43 Å². The van der Waals surface area contributed by atoms with E-state index in [2.05, 4.69) is 5.43 Å². The van der Waals surface area contributed by atoms with Crippen molar-refractivity contribution in [3.8, 4) is 0 Å². The summed E-state index contributed by atoms with van der Waals surface area (Å²) in [4.78, 5) is 11.9. The van der Waals surface area contributed by atoms with Gasteiger partial charge >= 0.3 is 5.91 Å². The molecule has 0 atom stereocenters. The number of furan rings is 1. The number of para-hydroxylation sites is 1. The lowest BCUT2D eigenvalue weighted by atomic mass is 10.2. The molecule has 6 heteroatoms. The van der Waals surface area contributed by atoms with Crippen LogP contribution in [0.3, 0.4) is 0 Å². The number of nitrogens with zero attached hydrogens (tertiary/aromatic N) is 1. The Bertz CT molecular complexity index is 596. The smallest absolute Gasteiger partial charge is 0.305 e. The average Bonchev–Trinajstić information content (AvgIpc) is 2.90. The van der Waals surface area contributed by atoms with Gasteiger partial charge in [0.2, 0.25) is 0 Å². The molecule has 0 saturated heterocycles. The zero-order valence-corrected chi connectivity index (χ0v) is 11.1. The summed E-state index contributed by atoms with van der Waals surface area (Å²) in [5.74, 6) is -0.226. The van der Waals surface area contributed by atoms with E-state index >= 15 is 0 Å². The lowest BCUT2D eigenvalue weighted by Crippen LogP contribution is -2.49. The molecule has 0 bridgehead atoms. The van der Waals surface area contributed by atoms with E-state index in [9.17, 15) is 4.79 Å². The lowest BCUT2D eigenvalue weighted by molar-refractivity contribution is 0.0927. The lowest BCUT2D eigenvalue weighted by Gasteiger charge is -2.24. The van der Waals surface area contributed by atoms with Crippen LogP contribution < -0.4 is 16.2 Å². The summed E-state index contributed by atoms with van der Waals surface area (Å²) in [6, 6.07) is 10.6. The number of carbonyl (C=O) groups excluding carboxylic acids is 1. The molecule has 3 N–H and O–H groups in total. The third-order valence-corrected chi connectivity index (χ3v) is 2.72. The van der Waals surface area contributed by atoms with Crippen molar-refractivity contribution < 1.29 is 9.21 Å². The van der Waals surface area contributed by atoms with E-state index in [0.29, 0.717) is 0 Å². The molecule has 0 radical (unpaired) electrons. The number of carbonyl (C=O) groups is 1. The number of hydrazine groups is 1. The van der Waals surface area contributed by atoms with E-state index in [1.54, 1.807) is 12.1 Å². The summed E-state index contributed by atoms with van der Waals surface area (Å²) >= 11 is 4.96. The van der Waals surface area contributed by atoms with Crippen LogP contribution in [0.25, 0.3) is 0 Å². The predicted octanol–water partition coefficient (Wildman–Crippen LogP) is 1.98. The highest BCUT2D eigenvalue weighted by molar-refractivity contribution is 7.80. The summed E-state index contributed by atoms with van der Waals surface area (Å²) in [5.41, 5.74) is 9.92. The molecule has 2 aromatic rings. The van der Waals surface area contributed by atoms with Crippen LogP contribution in [0.5, 0.6) is 0 Å². The molecule has 98 valence electrons. The second kappa shape index (κ2) is 5.53. The fourth-order valence-corrected chi connectivity index (χ4v) is 1.76. The number of hydrogen-bond donors (Lipinski definition) is 2. The minimum atomic E-state index is -0.416. The number of nitrogens with two attached hydrogens (primary N) is 1. The molecule has 0 aliphatic carbocycles. The molecule has 1 aromatic carbocycles. The van der Waals surface area contributed by atoms with Crippen LogP contribution >= 0.6 is 12.2 Å². The first-order valence-electron chi connectivity index (χ1n) is 5.59. The Morgan fingerprint density at radius 3 is 2.63 bits per heavy atom. The highest BCUT2D eigenvalue weighted by Crippen LogP contribution is 2.17. The minimum Gasteiger partial charge on any atom is -0.459 e. The monoisotopic (exact) mass is 275 g/mol. The Hall–Kier alpha value is -2.34. The van der Waals surface area contributed by atoms with E-state index in [4.69, 9.17) is 22.4 Å². The SMILES string of the molecule is Cc1ccccc1N(NC(=O)c1ccco1)C(N)=S. The van der Waals surface area contributed by atoms with Crippen LogP contribution in [0.2, 0.25) is 0 Å². The van der Waals surface area contributed by atoms with Crippen molar-refractivity contribution in [2.45, 2.75) is 6.92 Å². The van der Waals surface area contributed by atoms with Gasteiger partial charge in [-0.25, -0.2) is 5.01 Å². The third-order valence-electron chi connectivity index (χ3n) is 2.54. The van der Waals surface area contributed by atoms with Gasteiger partial charge in [0.25, 0.3) is 0 Å². The molecule has 0 unspecified atom stereocenters. The fraction of sp³-hybridized carbons (Fsp3) is 0.0769. The molecule has 0 saturated carbocycles. The molecule has 1 aromatic heterocycles. The van der Waals surface area contributed by atoms with Crippen LogP contribution in [-0.4, -0.2) is 11.0 Å². The number of anilines is 1. The van der Waals surface area contributed by atoms with Crippen molar-refractivity contribution in [2.75, 3.05) is 5.01 Å². The first-order valence-corrected chi connectivity index (χ1v) is 6.00. The number of aryl methyl sites for hydroxylation is 1. The first-order chi connectivity index (χ1) is 9.09. The molecule has 0 spiro atoms. The summed E-state index contributed by atoms with van der Waals surface area (Å²) in [5, 5.41) is 1.41. The van der Waals surface area contributed by atoms with Crippen LogP contribution in [0.1, 0.15) is 16.1 Å². The predicted molar refractivity (Wildman–Crippen MR) is 76.6 cm³/mol. The Morgan fingerprint density at radius 1 is 1.32 bits per heavy atom. The largest absolute Gasteiger partial charge is 0.459 e. The third kappa shape index (κ3) is 2.92. The zero-order valence-electron chi connectivity index (χ0n) is 10.3. The Labute approximate surface area is 116 Å². The van der Waals surface area contributed by atoms with E-state index in [-0.39, 0.29) is 10.9 Å². The van der Waals surface area contributed by atoms with Crippen molar-refractivity contribution in [3.63, 3.8) is 0 Å². The first kappa shape index (κ1) is 13.1. The van der Waals surface area contributed by atoms with Gasteiger partial charge in [-0.15, -0.1) is 0 Å². The molecule has 5 nitrogen and oxygen atoms in total. The number of benzene rings is 1. The second-order valence-corrected chi connectivity index (χ2v) is 4.30. The van der Waals surface area contributed by atoms with Gasteiger partial charge in [-0.05, 0) is 42.9 Å². The second-order valence-electron chi connectivity index (χ2n) is 3.88. The molecular weight excluding hydrogens is 262 g/mol. The van der Waals surface area contributed by atoms with Crippen molar-refractivity contribution >= 4 is 28.9 Å². The normalized spacial score (nSPS) is 9.95. The summed E-state index contributed by atoms with van der Waals surface area (Å²) < 4.78 is 5.02. The van der Waals surface area contributed by atoms with Crippen molar-refractivity contribution in [2.24, 2.45) is 5.73 Å². The molecule has 1 heterocycles. The average molecular weight is 275 g/mol. The van der Waals surface area contributed by atoms with Crippen LogP contribution in [0.15, 0.2) is 47.1 Å². The fourth-order valence-electron chi connectivity index (χ4n) is 1.61. The molecule has 0 aliphatic rings. The molecule has 19 heavy (non-hydrogen) atoms. The van der Waals surface area contributed by atoms with Gasteiger partial charge in [0.15, 0.2) is 10.9 Å². The van der Waals surface area contributed by atoms with E-state index in [1.165, 1.54) is 11.3 Å². The Kier molecular flexibility index (Phi) is 3.82. The van der Waals surface area contributed by atoms with Gasteiger partial charge in [0, 0.05) is 0 Å². The van der Waals surface area contributed by atoms with Gasteiger partial charge in [0.1, 0.15) is 0 Å². The van der Waals surface area contributed by atoms with E-state index in [1.807, 2.05) is 31.2 Å². The molecular formula is C13H13N3O2S. The summed E-state index contributed by atoms with van der Waals surface area (Å²) in [6.45, 7) is 1.90.